The van der Waals surface area contributed by atoms with Gasteiger partial charge < -0.3 is 4.74 Å². The monoisotopic (exact) mass is 352 g/mol. The third-order valence-electron chi connectivity index (χ3n) is 3.42. The van der Waals surface area contributed by atoms with Crippen molar-refractivity contribution in [1.29, 1.82) is 0 Å². The van der Waals surface area contributed by atoms with E-state index >= 15 is 0 Å². The smallest absolute Gasteiger partial charge is 0.120 e. The molecule has 0 atom stereocenters. The van der Waals surface area contributed by atoms with Crippen LogP contribution < -0.4 is 4.74 Å². The van der Waals surface area contributed by atoms with Gasteiger partial charge in [0, 0.05) is 21.6 Å². The lowest BCUT2D eigenvalue weighted by Crippen LogP contribution is -2.33. The highest BCUT2D eigenvalue weighted by atomic mass is 79.9. The van der Waals surface area contributed by atoms with Crippen molar-refractivity contribution < 1.29 is 4.74 Å². The summed E-state index contributed by atoms with van der Waals surface area (Å²) < 4.78 is 6.77. The van der Waals surface area contributed by atoms with Crippen molar-refractivity contribution in [2.75, 3.05) is 18.4 Å². The normalized spacial score (nSPS) is 11.9. The molecule has 0 aliphatic rings. The summed E-state index contributed by atoms with van der Waals surface area (Å²) in [7, 11) is 0. The summed E-state index contributed by atoms with van der Waals surface area (Å²) in [6.45, 7) is 4.95. The van der Waals surface area contributed by atoms with Crippen LogP contribution in [0.15, 0.2) is 28.7 Å². The van der Waals surface area contributed by atoms with E-state index in [1.54, 1.807) is 0 Å². The van der Waals surface area contributed by atoms with Gasteiger partial charge in [0.05, 0.1) is 6.61 Å². The maximum atomic E-state index is 6.08. The van der Waals surface area contributed by atoms with Crippen LogP contribution in [0.4, 0.5) is 0 Å². The van der Waals surface area contributed by atoms with Crippen LogP contribution in [0.5, 0.6) is 5.75 Å². The number of hydrogen-bond acceptors (Lipinski definition) is 1. The lowest BCUT2D eigenvalue weighted by molar-refractivity contribution is 0.182. The van der Waals surface area contributed by atoms with Crippen molar-refractivity contribution in [3.05, 3.63) is 28.7 Å². The molecule has 0 aromatic heterocycles. The quantitative estimate of drug-likeness (QED) is 0.601. The molecule has 0 spiro atoms. The molecule has 0 amide bonds. The second-order valence-corrected chi connectivity index (χ2v) is 6.29. The lowest BCUT2D eigenvalue weighted by atomic mass is 9.78. The Labute approximate surface area is 128 Å². The maximum Gasteiger partial charge on any atom is 0.120 e. The second kappa shape index (κ2) is 7.62. The molecular weight excluding hydrogens is 335 g/mol. The van der Waals surface area contributed by atoms with Gasteiger partial charge in [0.15, 0.2) is 0 Å². The first-order valence-corrected chi connectivity index (χ1v) is 7.90. The maximum absolute atomic E-state index is 6.08. The Morgan fingerprint density at radius 2 is 1.94 bits per heavy atom. The molecule has 18 heavy (non-hydrogen) atoms. The summed E-state index contributed by atoms with van der Waals surface area (Å²) in [5, 5.41) is 0. The van der Waals surface area contributed by atoms with Crippen LogP contribution in [-0.4, -0.2) is 18.4 Å². The first kappa shape index (κ1) is 16.1. The van der Waals surface area contributed by atoms with E-state index in [1.165, 1.54) is 0 Å². The van der Waals surface area contributed by atoms with Crippen molar-refractivity contribution in [1.82, 2.24) is 0 Å². The van der Waals surface area contributed by atoms with Gasteiger partial charge in [-0.1, -0.05) is 35.8 Å². The number of benzene rings is 1. The minimum Gasteiger partial charge on any atom is -0.494 e. The van der Waals surface area contributed by atoms with E-state index < -0.39 is 0 Å². The Morgan fingerprint density at radius 3 is 2.44 bits per heavy atom. The lowest BCUT2D eigenvalue weighted by Gasteiger charge is -2.33. The largest absolute Gasteiger partial charge is 0.494 e. The van der Waals surface area contributed by atoms with Gasteiger partial charge in [0.2, 0.25) is 0 Å². The molecule has 4 heteroatoms. The number of ether oxygens (including phenoxy) is 1. The van der Waals surface area contributed by atoms with E-state index in [0.717, 1.165) is 16.6 Å². The molecule has 0 N–H and O–H groups in total. The fourth-order valence-electron chi connectivity index (χ4n) is 1.70. The minimum atomic E-state index is -0.0465. The van der Waals surface area contributed by atoms with Crippen molar-refractivity contribution in [2.45, 2.75) is 20.3 Å². The number of rotatable bonds is 7. The van der Waals surface area contributed by atoms with Crippen LogP contribution in [0.1, 0.15) is 20.3 Å². The van der Waals surface area contributed by atoms with Gasteiger partial charge in [0.1, 0.15) is 5.75 Å². The van der Waals surface area contributed by atoms with E-state index in [1.807, 2.05) is 24.3 Å². The third-order valence-corrected chi connectivity index (χ3v) is 4.98. The molecular formula is C14H19BrCl2O. The SMILES string of the molecule is CC(C)C(CCl)(CCl)CCOc1cccc(Br)c1. The fraction of sp³-hybridized carbons (Fsp3) is 0.571. The Kier molecular flexibility index (Phi) is 6.83. The molecule has 0 aliphatic carbocycles. The molecule has 0 radical (unpaired) electrons. The van der Waals surface area contributed by atoms with Crippen molar-refractivity contribution in [3.63, 3.8) is 0 Å². The van der Waals surface area contributed by atoms with Crippen LogP contribution in [-0.2, 0) is 0 Å². The molecule has 1 rings (SSSR count). The molecule has 1 aromatic rings. The molecule has 0 unspecified atom stereocenters. The van der Waals surface area contributed by atoms with Crippen LogP contribution in [0.25, 0.3) is 0 Å². The molecule has 0 bridgehead atoms. The van der Waals surface area contributed by atoms with Crippen molar-refractivity contribution in [2.24, 2.45) is 11.3 Å². The standard InChI is InChI=1S/C14H19BrCl2O/c1-11(2)14(9-16,10-17)6-7-18-13-5-3-4-12(15)8-13/h3-5,8,11H,6-7,9-10H2,1-2H3. The summed E-state index contributed by atoms with van der Waals surface area (Å²) in [5.41, 5.74) is -0.0465. The molecule has 0 aliphatic heterocycles. The Balaban J connectivity index is 2.54. The highest BCUT2D eigenvalue weighted by Crippen LogP contribution is 2.34. The number of halogens is 3. The fourth-order valence-corrected chi connectivity index (χ4v) is 3.24. The molecule has 1 nitrogen and oxygen atoms in total. The van der Waals surface area contributed by atoms with Crippen LogP contribution in [0, 0.1) is 11.3 Å². The Morgan fingerprint density at radius 1 is 1.28 bits per heavy atom. The average molecular weight is 354 g/mol. The average Bonchev–Trinajstić information content (AvgIpc) is 2.35. The first-order chi connectivity index (χ1) is 8.54. The molecule has 0 heterocycles. The predicted octanol–water partition coefficient (Wildman–Crippen LogP) is 5.34. The van der Waals surface area contributed by atoms with Crippen molar-refractivity contribution >= 4 is 39.1 Å². The van der Waals surface area contributed by atoms with Gasteiger partial charge in [0.25, 0.3) is 0 Å². The van der Waals surface area contributed by atoms with E-state index in [0.29, 0.717) is 24.3 Å². The third kappa shape index (κ3) is 4.32. The predicted molar refractivity (Wildman–Crippen MR) is 83.0 cm³/mol. The van der Waals surface area contributed by atoms with Crippen LogP contribution in [0.2, 0.25) is 0 Å². The number of alkyl halides is 2. The zero-order valence-corrected chi connectivity index (χ0v) is 13.9. The highest BCUT2D eigenvalue weighted by Gasteiger charge is 2.32. The van der Waals surface area contributed by atoms with Crippen LogP contribution >= 0.6 is 39.1 Å². The van der Waals surface area contributed by atoms with E-state index in [-0.39, 0.29) is 5.41 Å². The molecule has 0 saturated heterocycles. The second-order valence-electron chi connectivity index (χ2n) is 4.84. The topological polar surface area (TPSA) is 9.23 Å². The summed E-state index contributed by atoms with van der Waals surface area (Å²) >= 11 is 15.6. The molecule has 1 aromatic carbocycles. The summed E-state index contributed by atoms with van der Waals surface area (Å²) in [4.78, 5) is 0. The Bertz CT molecular complexity index is 365. The summed E-state index contributed by atoms with van der Waals surface area (Å²) in [6.07, 6.45) is 0.865. The number of hydrogen-bond donors (Lipinski definition) is 0. The van der Waals surface area contributed by atoms with Gasteiger partial charge in [-0.2, -0.15) is 0 Å². The molecule has 102 valence electrons. The van der Waals surface area contributed by atoms with Crippen molar-refractivity contribution in [3.8, 4) is 5.75 Å². The van der Waals surface area contributed by atoms with E-state index in [4.69, 9.17) is 27.9 Å². The Hall–Kier alpha value is 0.0800. The first-order valence-electron chi connectivity index (χ1n) is 6.04. The minimum absolute atomic E-state index is 0.0465. The molecule has 0 fully saturated rings. The van der Waals surface area contributed by atoms with Gasteiger partial charge in [-0.05, 0) is 30.5 Å². The van der Waals surface area contributed by atoms with Gasteiger partial charge in [-0.15, -0.1) is 23.2 Å². The summed E-state index contributed by atoms with van der Waals surface area (Å²) in [5.74, 6) is 2.44. The molecule has 0 saturated carbocycles. The van der Waals surface area contributed by atoms with E-state index in [2.05, 4.69) is 29.8 Å². The van der Waals surface area contributed by atoms with Gasteiger partial charge in [-0.3, -0.25) is 0 Å². The highest BCUT2D eigenvalue weighted by molar-refractivity contribution is 9.10. The van der Waals surface area contributed by atoms with Gasteiger partial charge in [-0.25, -0.2) is 0 Å². The summed E-state index contributed by atoms with van der Waals surface area (Å²) in [6, 6.07) is 7.84. The van der Waals surface area contributed by atoms with Crippen LogP contribution in [0.3, 0.4) is 0 Å². The van der Waals surface area contributed by atoms with Gasteiger partial charge >= 0.3 is 0 Å². The zero-order chi connectivity index (χ0) is 13.6. The van der Waals surface area contributed by atoms with E-state index in [9.17, 15) is 0 Å². The zero-order valence-electron chi connectivity index (χ0n) is 10.8.